The zero-order valence-corrected chi connectivity index (χ0v) is 14.7. The molecule has 0 aliphatic rings. The number of benzene rings is 2. The molecule has 0 bridgehead atoms. The number of methoxy groups -OCH3 is 1. The van der Waals surface area contributed by atoms with Gasteiger partial charge in [-0.25, -0.2) is 4.79 Å². The van der Waals surface area contributed by atoms with Crippen LogP contribution in [0.15, 0.2) is 46.9 Å². The van der Waals surface area contributed by atoms with Gasteiger partial charge in [0, 0.05) is 6.07 Å². The molecule has 0 atom stereocenters. The summed E-state index contributed by atoms with van der Waals surface area (Å²) in [5.74, 6) is -0.836. The second-order valence-electron chi connectivity index (χ2n) is 4.95. The van der Waals surface area contributed by atoms with Gasteiger partial charge in [-0.1, -0.05) is 30.3 Å². The topological polar surface area (TPSA) is 44.8 Å². The molecule has 0 aliphatic carbocycles. The van der Waals surface area contributed by atoms with Crippen LogP contribution in [0.2, 0.25) is 0 Å². The highest BCUT2D eigenvalue weighted by Gasteiger charge is 2.30. The monoisotopic (exact) mass is 418 g/mol. The molecule has 0 saturated carbocycles. The Balaban J connectivity index is 2.26. The maximum atomic E-state index is 12.4. The van der Waals surface area contributed by atoms with Gasteiger partial charge < -0.3 is 14.2 Å². The number of hydrogen-bond donors (Lipinski definition) is 0. The maximum absolute atomic E-state index is 12.4. The molecule has 0 spiro atoms. The molecule has 0 heterocycles. The number of halogens is 4. The fourth-order valence-corrected chi connectivity index (χ4v) is 2.39. The number of ether oxygens (including phenoxy) is 3. The van der Waals surface area contributed by atoms with E-state index in [1.165, 1.54) is 12.1 Å². The molecule has 0 aromatic heterocycles. The summed E-state index contributed by atoms with van der Waals surface area (Å²) in [4.78, 5) is 11.8. The summed E-state index contributed by atoms with van der Waals surface area (Å²) in [5, 5.41) is 0. The Labute approximate surface area is 150 Å². The minimum Gasteiger partial charge on any atom is -0.488 e. The highest BCUT2D eigenvalue weighted by atomic mass is 79.9. The van der Waals surface area contributed by atoms with Gasteiger partial charge in [-0.3, -0.25) is 0 Å². The van der Waals surface area contributed by atoms with Gasteiger partial charge in [0.25, 0.3) is 0 Å². The van der Waals surface area contributed by atoms with Crippen LogP contribution in [0.4, 0.5) is 13.2 Å². The smallest absolute Gasteiger partial charge is 0.422 e. The van der Waals surface area contributed by atoms with E-state index in [2.05, 4.69) is 20.7 Å². The van der Waals surface area contributed by atoms with E-state index in [-0.39, 0.29) is 23.7 Å². The molecule has 0 saturated heterocycles. The third-order valence-electron chi connectivity index (χ3n) is 3.07. The minimum absolute atomic E-state index is 0.134. The van der Waals surface area contributed by atoms with Gasteiger partial charge in [0.05, 0.1) is 11.6 Å². The lowest BCUT2D eigenvalue weighted by molar-refractivity contribution is -0.153. The lowest BCUT2D eigenvalue weighted by Crippen LogP contribution is -2.20. The molecule has 0 radical (unpaired) electrons. The third kappa shape index (κ3) is 5.67. The zero-order chi connectivity index (χ0) is 18.4. The van der Waals surface area contributed by atoms with E-state index in [1.807, 2.05) is 30.3 Å². The molecule has 4 nitrogen and oxygen atoms in total. The second kappa shape index (κ2) is 8.24. The normalized spacial score (nSPS) is 11.1. The van der Waals surface area contributed by atoms with Gasteiger partial charge in [-0.05, 0) is 27.6 Å². The summed E-state index contributed by atoms with van der Waals surface area (Å²) in [6, 6.07) is 11.8. The molecular formula is C17H14BrF3O4. The molecule has 25 heavy (non-hydrogen) atoms. The Morgan fingerprint density at radius 2 is 1.76 bits per heavy atom. The van der Waals surface area contributed by atoms with Crippen LogP contribution >= 0.6 is 15.9 Å². The standard InChI is InChI=1S/C17H14BrF3O4/c1-23-16(22)12-7-13(18)15(8-14(12)25-10-17(19,20)21)24-9-11-5-3-2-4-6-11/h2-8H,9-10H2,1H3. The van der Waals surface area contributed by atoms with Crippen LogP contribution in [-0.2, 0) is 11.3 Å². The van der Waals surface area contributed by atoms with E-state index in [4.69, 9.17) is 9.47 Å². The average molecular weight is 419 g/mol. The fourth-order valence-electron chi connectivity index (χ4n) is 1.93. The summed E-state index contributed by atoms with van der Waals surface area (Å²) in [6.07, 6.45) is -4.54. The van der Waals surface area contributed by atoms with Crippen molar-refractivity contribution in [3.63, 3.8) is 0 Å². The quantitative estimate of drug-likeness (QED) is 0.634. The molecule has 0 aliphatic heterocycles. The van der Waals surface area contributed by atoms with Crippen molar-refractivity contribution in [3.8, 4) is 11.5 Å². The molecule has 0 unspecified atom stereocenters. The van der Waals surface area contributed by atoms with Crippen LogP contribution in [0.5, 0.6) is 11.5 Å². The number of hydrogen-bond acceptors (Lipinski definition) is 4. The van der Waals surface area contributed by atoms with Crippen molar-refractivity contribution >= 4 is 21.9 Å². The summed E-state index contributed by atoms with van der Waals surface area (Å²) in [5.41, 5.74) is 0.745. The predicted octanol–water partition coefficient (Wildman–Crippen LogP) is 4.76. The van der Waals surface area contributed by atoms with Crippen molar-refractivity contribution in [1.29, 1.82) is 0 Å². The summed E-state index contributed by atoms with van der Waals surface area (Å²) in [7, 11) is 1.13. The van der Waals surface area contributed by atoms with Crippen LogP contribution in [-0.4, -0.2) is 25.9 Å². The first-order chi connectivity index (χ1) is 11.8. The summed E-state index contributed by atoms with van der Waals surface area (Å²) in [6.45, 7) is -1.33. The number of esters is 1. The second-order valence-corrected chi connectivity index (χ2v) is 5.80. The van der Waals surface area contributed by atoms with Crippen molar-refractivity contribution in [2.45, 2.75) is 12.8 Å². The predicted molar refractivity (Wildman–Crippen MR) is 87.8 cm³/mol. The van der Waals surface area contributed by atoms with Crippen molar-refractivity contribution in [3.05, 3.63) is 58.1 Å². The molecule has 0 fully saturated rings. The largest absolute Gasteiger partial charge is 0.488 e. The number of carbonyl (C=O) groups is 1. The first-order valence-electron chi connectivity index (χ1n) is 7.08. The van der Waals surface area contributed by atoms with E-state index in [0.717, 1.165) is 12.7 Å². The molecule has 8 heteroatoms. The van der Waals surface area contributed by atoms with Gasteiger partial charge in [0.2, 0.25) is 0 Å². The lowest BCUT2D eigenvalue weighted by Gasteiger charge is -2.15. The van der Waals surface area contributed by atoms with Crippen LogP contribution in [0.3, 0.4) is 0 Å². The SMILES string of the molecule is COC(=O)c1cc(Br)c(OCc2ccccc2)cc1OCC(F)(F)F. The summed E-state index contributed by atoms with van der Waals surface area (Å²) < 4.78 is 52.6. The first-order valence-corrected chi connectivity index (χ1v) is 7.87. The lowest BCUT2D eigenvalue weighted by atomic mass is 10.2. The molecule has 0 N–H and O–H groups in total. The molecular weight excluding hydrogens is 405 g/mol. The van der Waals surface area contributed by atoms with Crippen LogP contribution in [0, 0.1) is 0 Å². The maximum Gasteiger partial charge on any atom is 0.422 e. The van der Waals surface area contributed by atoms with E-state index < -0.39 is 18.8 Å². The van der Waals surface area contributed by atoms with Gasteiger partial charge in [-0.15, -0.1) is 0 Å². The zero-order valence-electron chi connectivity index (χ0n) is 13.1. The Bertz CT molecular complexity index is 733. The van der Waals surface area contributed by atoms with E-state index in [9.17, 15) is 18.0 Å². The Morgan fingerprint density at radius 1 is 1.08 bits per heavy atom. The molecule has 2 aromatic rings. The molecule has 0 amide bonds. The van der Waals surface area contributed by atoms with Gasteiger partial charge >= 0.3 is 12.1 Å². The van der Waals surface area contributed by atoms with Crippen molar-refractivity contribution in [2.75, 3.05) is 13.7 Å². The summed E-state index contributed by atoms with van der Waals surface area (Å²) >= 11 is 3.23. The molecule has 2 rings (SSSR count). The third-order valence-corrected chi connectivity index (χ3v) is 3.69. The molecule has 134 valence electrons. The average Bonchev–Trinajstić information content (AvgIpc) is 2.58. The van der Waals surface area contributed by atoms with E-state index >= 15 is 0 Å². The minimum atomic E-state index is -4.54. The highest BCUT2D eigenvalue weighted by molar-refractivity contribution is 9.10. The Hall–Kier alpha value is -2.22. The Morgan fingerprint density at radius 3 is 2.36 bits per heavy atom. The van der Waals surface area contributed by atoms with Crippen molar-refractivity contribution in [2.24, 2.45) is 0 Å². The van der Waals surface area contributed by atoms with Crippen molar-refractivity contribution in [1.82, 2.24) is 0 Å². The Kier molecular flexibility index (Phi) is 6.30. The first kappa shape index (κ1) is 19.1. The van der Waals surface area contributed by atoms with Crippen LogP contribution in [0.25, 0.3) is 0 Å². The van der Waals surface area contributed by atoms with E-state index in [1.54, 1.807) is 0 Å². The fraction of sp³-hybridized carbons (Fsp3) is 0.235. The van der Waals surface area contributed by atoms with Crippen molar-refractivity contribution < 1.29 is 32.2 Å². The van der Waals surface area contributed by atoms with Gasteiger partial charge in [-0.2, -0.15) is 13.2 Å². The van der Waals surface area contributed by atoms with Crippen LogP contribution in [0.1, 0.15) is 15.9 Å². The van der Waals surface area contributed by atoms with Gasteiger partial charge in [0.1, 0.15) is 23.7 Å². The number of carbonyl (C=O) groups excluding carboxylic acids is 1. The van der Waals surface area contributed by atoms with Gasteiger partial charge in [0.15, 0.2) is 6.61 Å². The molecule has 2 aromatic carbocycles. The van der Waals surface area contributed by atoms with E-state index in [0.29, 0.717) is 4.47 Å². The number of alkyl halides is 3. The number of rotatable bonds is 6. The van der Waals surface area contributed by atoms with Crippen LogP contribution < -0.4 is 9.47 Å². The highest BCUT2D eigenvalue weighted by Crippen LogP contribution is 2.35.